The van der Waals surface area contributed by atoms with Crippen LogP contribution in [0.25, 0.3) is 54.6 Å². The Bertz CT molecular complexity index is 1540. The van der Waals surface area contributed by atoms with Crippen molar-refractivity contribution in [2.75, 3.05) is 0 Å². The number of hydrogen-bond donors (Lipinski definition) is 0. The lowest BCUT2D eigenvalue weighted by atomic mass is 9.88. The van der Waals surface area contributed by atoms with Crippen molar-refractivity contribution >= 4 is 32.3 Å². The standard InChI is InChI=1S/C30H19/c1-3-10-24-19-26(15-13-21(24)7-1)29-18-17-23-9-5-6-12-28(23)30(29)27-16-14-22-8-2-4-11-25(22)20-27/h1-19H. The topological polar surface area (TPSA) is 0 Å². The van der Waals surface area contributed by atoms with Gasteiger partial charge in [0.15, 0.2) is 0 Å². The van der Waals surface area contributed by atoms with E-state index in [1.807, 2.05) is 0 Å². The van der Waals surface area contributed by atoms with Gasteiger partial charge in [0.25, 0.3) is 0 Å². The van der Waals surface area contributed by atoms with Crippen LogP contribution in [-0.2, 0) is 0 Å². The average Bonchev–Trinajstić information content (AvgIpc) is 2.82. The second kappa shape index (κ2) is 6.86. The molecule has 0 fully saturated rings. The lowest BCUT2D eigenvalue weighted by molar-refractivity contribution is 1.63. The van der Waals surface area contributed by atoms with Crippen molar-refractivity contribution < 1.29 is 0 Å². The quantitative estimate of drug-likeness (QED) is 0.284. The molecule has 0 unspecified atom stereocenters. The summed E-state index contributed by atoms with van der Waals surface area (Å²) in [7, 11) is 0. The SMILES string of the molecule is [c]1c(-c2c(-c3ccc4ccccc4c3)ccc3ccccc23)ccc2ccccc12. The molecule has 0 N–H and O–H groups in total. The average molecular weight is 379 g/mol. The Morgan fingerprint density at radius 2 is 1.13 bits per heavy atom. The van der Waals surface area contributed by atoms with Crippen LogP contribution in [0.2, 0.25) is 0 Å². The maximum Gasteiger partial charge on any atom is -0.00139 e. The molecule has 0 saturated heterocycles. The van der Waals surface area contributed by atoms with Crippen LogP contribution in [0.1, 0.15) is 0 Å². The van der Waals surface area contributed by atoms with Crippen LogP contribution < -0.4 is 0 Å². The van der Waals surface area contributed by atoms with Gasteiger partial charge in [-0.1, -0.05) is 109 Å². The molecule has 139 valence electrons. The Hall–Kier alpha value is -3.90. The van der Waals surface area contributed by atoms with E-state index < -0.39 is 0 Å². The molecule has 6 aromatic carbocycles. The fourth-order valence-electron chi connectivity index (χ4n) is 4.42. The minimum Gasteiger partial charge on any atom is -0.0616 e. The van der Waals surface area contributed by atoms with Gasteiger partial charge in [-0.3, -0.25) is 0 Å². The monoisotopic (exact) mass is 379 g/mol. The van der Waals surface area contributed by atoms with Gasteiger partial charge in [0, 0.05) is 0 Å². The fourth-order valence-corrected chi connectivity index (χ4v) is 4.42. The van der Waals surface area contributed by atoms with Gasteiger partial charge in [0.2, 0.25) is 0 Å². The van der Waals surface area contributed by atoms with E-state index in [2.05, 4.69) is 121 Å². The van der Waals surface area contributed by atoms with Gasteiger partial charge in [-0.05, 0) is 66.7 Å². The first kappa shape index (κ1) is 17.0. The van der Waals surface area contributed by atoms with Crippen LogP contribution in [0.4, 0.5) is 0 Å². The van der Waals surface area contributed by atoms with Gasteiger partial charge in [0.05, 0.1) is 0 Å². The van der Waals surface area contributed by atoms with E-state index >= 15 is 0 Å². The maximum absolute atomic E-state index is 3.68. The van der Waals surface area contributed by atoms with E-state index in [1.165, 1.54) is 43.6 Å². The van der Waals surface area contributed by atoms with Crippen molar-refractivity contribution in [2.24, 2.45) is 0 Å². The zero-order chi connectivity index (χ0) is 19.9. The van der Waals surface area contributed by atoms with Crippen molar-refractivity contribution in [1.29, 1.82) is 0 Å². The molecule has 1 radical (unpaired) electrons. The van der Waals surface area contributed by atoms with Crippen molar-refractivity contribution in [3.05, 3.63) is 121 Å². The predicted molar refractivity (Wildman–Crippen MR) is 129 cm³/mol. The molecule has 0 amide bonds. The molecule has 6 rings (SSSR count). The van der Waals surface area contributed by atoms with Gasteiger partial charge in [-0.2, -0.15) is 0 Å². The molecule has 0 atom stereocenters. The molecule has 0 aliphatic rings. The van der Waals surface area contributed by atoms with Crippen LogP contribution in [0.15, 0.2) is 115 Å². The fraction of sp³-hybridized carbons (Fsp3) is 0. The highest BCUT2D eigenvalue weighted by atomic mass is 14.2. The van der Waals surface area contributed by atoms with Crippen LogP contribution in [0.3, 0.4) is 0 Å². The Morgan fingerprint density at radius 1 is 0.467 bits per heavy atom. The minimum atomic E-state index is 1.13. The van der Waals surface area contributed by atoms with Crippen LogP contribution >= 0.6 is 0 Å². The maximum atomic E-state index is 3.68. The van der Waals surface area contributed by atoms with Gasteiger partial charge < -0.3 is 0 Å². The summed E-state index contributed by atoms with van der Waals surface area (Å²) < 4.78 is 0. The molecule has 0 saturated carbocycles. The van der Waals surface area contributed by atoms with Crippen molar-refractivity contribution in [2.45, 2.75) is 0 Å². The van der Waals surface area contributed by atoms with Crippen LogP contribution in [0, 0.1) is 6.07 Å². The van der Waals surface area contributed by atoms with Crippen molar-refractivity contribution in [1.82, 2.24) is 0 Å². The first-order valence-electron chi connectivity index (χ1n) is 10.3. The van der Waals surface area contributed by atoms with Crippen LogP contribution in [0.5, 0.6) is 0 Å². The summed E-state index contributed by atoms with van der Waals surface area (Å²) in [5.74, 6) is 0. The van der Waals surface area contributed by atoms with Crippen LogP contribution in [-0.4, -0.2) is 0 Å². The zero-order valence-corrected chi connectivity index (χ0v) is 16.5. The molecule has 0 nitrogen and oxygen atoms in total. The molecular weight excluding hydrogens is 360 g/mol. The molecule has 0 heterocycles. The highest BCUT2D eigenvalue weighted by molar-refractivity contribution is 6.06. The second-order valence-electron chi connectivity index (χ2n) is 7.73. The summed E-state index contributed by atoms with van der Waals surface area (Å²) >= 11 is 0. The van der Waals surface area contributed by atoms with E-state index in [1.54, 1.807) is 0 Å². The third-order valence-electron chi connectivity index (χ3n) is 5.92. The summed E-state index contributed by atoms with van der Waals surface area (Å²) in [5, 5.41) is 7.40. The van der Waals surface area contributed by atoms with E-state index in [0.717, 1.165) is 10.9 Å². The first-order chi connectivity index (χ1) is 14.9. The van der Waals surface area contributed by atoms with E-state index in [4.69, 9.17) is 0 Å². The first-order valence-corrected chi connectivity index (χ1v) is 10.3. The highest BCUT2D eigenvalue weighted by Crippen LogP contribution is 2.39. The summed E-state index contributed by atoms with van der Waals surface area (Å²) in [6.07, 6.45) is 0. The molecule has 0 aliphatic carbocycles. The summed E-state index contributed by atoms with van der Waals surface area (Å²) in [4.78, 5) is 0. The van der Waals surface area contributed by atoms with Gasteiger partial charge in [-0.15, -0.1) is 0 Å². The lowest BCUT2D eigenvalue weighted by Crippen LogP contribution is -1.89. The van der Waals surface area contributed by atoms with E-state index in [9.17, 15) is 0 Å². The molecule has 0 heteroatoms. The Morgan fingerprint density at radius 3 is 2.03 bits per heavy atom. The minimum absolute atomic E-state index is 1.13. The van der Waals surface area contributed by atoms with Gasteiger partial charge in [0.1, 0.15) is 0 Å². The smallest absolute Gasteiger partial charge is 0.00139 e. The predicted octanol–water partition coefficient (Wildman–Crippen LogP) is 8.28. The Labute approximate surface area is 176 Å². The third-order valence-corrected chi connectivity index (χ3v) is 5.92. The normalized spacial score (nSPS) is 11.3. The molecule has 30 heavy (non-hydrogen) atoms. The Kier molecular flexibility index (Phi) is 3.89. The number of hydrogen-bond acceptors (Lipinski definition) is 0. The number of fused-ring (bicyclic) bond motifs is 3. The van der Waals surface area contributed by atoms with Gasteiger partial charge >= 0.3 is 0 Å². The third kappa shape index (κ3) is 2.77. The zero-order valence-electron chi connectivity index (χ0n) is 16.5. The van der Waals surface area contributed by atoms with E-state index in [0.29, 0.717) is 0 Å². The van der Waals surface area contributed by atoms with Gasteiger partial charge in [-0.25, -0.2) is 0 Å². The number of rotatable bonds is 2. The Balaban J connectivity index is 1.67. The van der Waals surface area contributed by atoms with E-state index in [-0.39, 0.29) is 0 Å². The van der Waals surface area contributed by atoms with Crippen molar-refractivity contribution in [3.63, 3.8) is 0 Å². The molecule has 6 aromatic rings. The number of benzene rings is 6. The van der Waals surface area contributed by atoms with Crippen molar-refractivity contribution in [3.8, 4) is 22.3 Å². The molecule has 0 aromatic heterocycles. The summed E-state index contributed by atoms with van der Waals surface area (Å²) in [6, 6.07) is 44.9. The molecule has 0 spiro atoms. The molecular formula is C30H19. The summed E-state index contributed by atoms with van der Waals surface area (Å²) in [5.41, 5.74) is 4.85. The molecule has 0 bridgehead atoms. The second-order valence-corrected chi connectivity index (χ2v) is 7.73. The largest absolute Gasteiger partial charge is 0.0616 e. The lowest BCUT2D eigenvalue weighted by Gasteiger charge is -2.15. The summed E-state index contributed by atoms with van der Waals surface area (Å²) in [6.45, 7) is 0. The molecule has 0 aliphatic heterocycles. The highest BCUT2D eigenvalue weighted by Gasteiger charge is 2.13.